The molecule has 1 aromatic carbocycles. The van der Waals surface area contributed by atoms with Crippen LogP contribution in [0.5, 0.6) is 0 Å². The van der Waals surface area contributed by atoms with Crippen molar-refractivity contribution in [1.29, 1.82) is 0 Å². The molecule has 4 nitrogen and oxygen atoms in total. The van der Waals surface area contributed by atoms with Gasteiger partial charge in [-0.2, -0.15) is 0 Å². The molecular formula is C10H14N2O2S. The molecule has 1 fully saturated rings. The molecule has 0 radical (unpaired) electrons. The van der Waals surface area contributed by atoms with Gasteiger partial charge in [-0.25, -0.2) is 8.42 Å². The van der Waals surface area contributed by atoms with Crippen LogP contribution >= 0.6 is 0 Å². The molecule has 0 heterocycles. The first kappa shape index (κ1) is 10.3. The molecule has 82 valence electrons. The molecule has 0 aliphatic heterocycles. The van der Waals surface area contributed by atoms with E-state index in [2.05, 4.69) is 0 Å². The van der Waals surface area contributed by atoms with Crippen molar-refractivity contribution in [3.8, 4) is 0 Å². The van der Waals surface area contributed by atoms with Crippen LogP contribution in [-0.2, 0) is 10.0 Å². The third kappa shape index (κ3) is 1.92. The van der Waals surface area contributed by atoms with Gasteiger partial charge in [0.05, 0.1) is 10.9 Å². The van der Waals surface area contributed by atoms with Crippen LogP contribution < -0.4 is 10.0 Å². The summed E-state index contributed by atoms with van der Waals surface area (Å²) in [5, 5.41) is -0.181. The minimum absolute atomic E-state index is 0.181. The first-order chi connectivity index (χ1) is 7.01. The Balaban J connectivity index is 2.27. The van der Waals surface area contributed by atoms with Crippen molar-refractivity contribution in [1.82, 2.24) is 0 Å². The summed E-state index contributed by atoms with van der Waals surface area (Å²) in [5.74, 6) is 0. The number of benzene rings is 1. The molecule has 0 atom stereocenters. The van der Waals surface area contributed by atoms with Gasteiger partial charge in [-0.3, -0.25) is 4.31 Å². The van der Waals surface area contributed by atoms with Crippen LogP contribution in [0.25, 0.3) is 0 Å². The van der Waals surface area contributed by atoms with Crippen LogP contribution in [0.4, 0.5) is 11.4 Å². The summed E-state index contributed by atoms with van der Waals surface area (Å²) in [6.45, 7) is 0. The summed E-state index contributed by atoms with van der Waals surface area (Å²) in [6, 6.07) is 6.84. The first-order valence-electron chi connectivity index (χ1n) is 4.85. The fourth-order valence-electron chi connectivity index (χ4n) is 1.42. The smallest absolute Gasteiger partial charge is 0.237 e. The normalized spacial score (nSPS) is 16.3. The molecule has 15 heavy (non-hydrogen) atoms. The Labute approximate surface area is 89.7 Å². The van der Waals surface area contributed by atoms with E-state index >= 15 is 0 Å². The number of hydrogen-bond donors (Lipinski definition) is 1. The minimum atomic E-state index is -3.14. The highest BCUT2D eigenvalue weighted by atomic mass is 32.2. The predicted octanol–water partition coefficient (Wildman–Crippen LogP) is 1.20. The quantitative estimate of drug-likeness (QED) is 0.788. The third-order valence-corrected chi connectivity index (χ3v) is 4.87. The zero-order valence-corrected chi connectivity index (χ0v) is 9.37. The van der Waals surface area contributed by atoms with Crippen molar-refractivity contribution in [2.24, 2.45) is 0 Å². The summed E-state index contributed by atoms with van der Waals surface area (Å²) < 4.78 is 25.1. The van der Waals surface area contributed by atoms with Gasteiger partial charge in [0, 0.05) is 12.7 Å². The predicted molar refractivity (Wildman–Crippen MR) is 61.2 cm³/mol. The summed E-state index contributed by atoms with van der Waals surface area (Å²) in [4.78, 5) is 0. The van der Waals surface area contributed by atoms with Crippen LogP contribution in [-0.4, -0.2) is 20.7 Å². The van der Waals surface area contributed by atoms with Gasteiger partial charge >= 0.3 is 0 Å². The molecule has 0 amide bonds. The molecule has 5 heteroatoms. The van der Waals surface area contributed by atoms with E-state index in [9.17, 15) is 8.42 Å². The molecule has 0 bridgehead atoms. The van der Waals surface area contributed by atoms with Crippen molar-refractivity contribution in [3.05, 3.63) is 24.3 Å². The molecule has 2 N–H and O–H groups in total. The van der Waals surface area contributed by atoms with E-state index in [0.717, 1.165) is 12.8 Å². The van der Waals surface area contributed by atoms with E-state index in [4.69, 9.17) is 5.73 Å². The standard InChI is InChI=1S/C10H14N2O2S/c1-12(15(13,14)10-6-7-10)9-4-2-8(11)3-5-9/h2-5,10H,6-7,11H2,1H3. The molecule has 2 rings (SSSR count). The Morgan fingerprint density at radius 1 is 1.27 bits per heavy atom. The van der Waals surface area contributed by atoms with E-state index < -0.39 is 10.0 Å². The molecule has 1 aliphatic carbocycles. The number of rotatable bonds is 3. The average Bonchev–Trinajstić information content (AvgIpc) is 3.01. The first-order valence-corrected chi connectivity index (χ1v) is 6.35. The van der Waals surface area contributed by atoms with Crippen molar-refractivity contribution in [3.63, 3.8) is 0 Å². The molecular weight excluding hydrogens is 212 g/mol. The van der Waals surface area contributed by atoms with Crippen molar-refractivity contribution >= 4 is 21.4 Å². The Bertz CT molecular complexity index is 449. The second-order valence-corrected chi connectivity index (χ2v) is 6.05. The van der Waals surface area contributed by atoms with Crippen LogP contribution in [0.1, 0.15) is 12.8 Å². The van der Waals surface area contributed by atoms with Crippen molar-refractivity contribution in [2.45, 2.75) is 18.1 Å². The minimum Gasteiger partial charge on any atom is -0.399 e. The summed E-state index contributed by atoms with van der Waals surface area (Å²) in [7, 11) is -1.56. The lowest BCUT2D eigenvalue weighted by Crippen LogP contribution is -2.29. The van der Waals surface area contributed by atoms with Crippen LogP contribution in [0.2, 0.25) is 0 Å². The van der Waals surface area contributed by atoms with Gasteiger partial charge in [0.25, 0.3) is 0 Å². The van der Waals surface area contributed by atoms with Crippen molar-refractivity contribution < 1.29 is 8.42 Å². The molecule has 0 aromatic heterocycles. The van der Waals surface area contributed by atoms with Gasteiger partial charge < -0.3 is 5.73 Å². The molecule has 0 spiro atoms. The Kier molecular flexibility index (Phi) is 2.34. The number of nitrogen functional groups attached to an aromatic ring is 1. The van der Waals surface area contributed by atoms with E-state index in [-0.39, 0.29) is 5.25 Å². The molecule has 0 saturated heterocycles. The van der Waals surface area contributed by atoms with Gasteiger partial charge in [0.2, 0.25) is 10.0 Å². The Morgan fingerprint density at radius 2 is 1.80 bits per heavy atom. The largest absolute Gasteiger partial charge is 0.399 e. The summed E-state index contributed by atoms with van der Waals surface area (Å²) in [6.07, 6.45) is 1.56. The highest BCUT2D eigenvalue weighted by Crippen LogP contribution is 2.32. The fraction of sp³-hybridized carbons (Fsp3) is 0.400. The van der Waals surface area contributed by atoms with Crippen LogP contribution in [0.3, 0.4) is 0 Å². The zero-order valence-electron chi connectivity index (χ0n) is 8.55. The van der Waals surface area contributed by atoms with Gasteiger partial charge in [0.1, 0.15) is 0 Å². The third-order valence-electron chi connectivity index (χ3n) is 2.58. The second-order valence-electron chi connectivity index (χ2n) is 3.80. The van der Waals surface area contributed by atoms with E-state index in [1.54, 1.807) is 31.3 Å². The second kappa shape index (κ2) is 3.41. The van der Waals surface area contributed by atoms with Crippen LogP contribution in [0, 0.1) is 0 Å². The average molecular weight is 226 g/mol. The molecule has 1 aliphatic rings. The topological polar surface area (TPSA) is 63.4 Å². The van der Waals surface area contributed by atoms with Crippen molar-refractivity contribution in [2.75, 3.05) is 17.1 Å². The monoisotopic (exact) mass is 226 g/mol. The lowest BCUT2D eigenvalue weighted by atomic mass is 10.3. The summed E-state index contributed by atoms with van der Waals surface area (Å²) >= 11 is 0. The number of nitrogens with two attached hydrogens (primary N) is 1. The highest BCUT2D eigenvalue weighted by Gasteiger charge is 2.38. The van der Waals surface area contributed by atoms with E-state index in [0.29, 0.717) is 11.4 Å². The highest BCUT2D eigenvalue weighted by molar-refractivity contribution is 7.93. The summed E-state index contributed by atoms with van der Waals surface area (Å²) in [5.41, 5.74) is 6.84. The maximum absolute atomic E-state index is 11.9. The van der Waals surface area contributed by atoms with Crippen LogP contribution in [0.15, 0.2) is 24.3 Å². The molecule has 1 aromatic rings. The fourth-order valence-corrected chi connectivity index (χ4v) is 3.02. The zero-order chi connectivity index (χ0) is 11.1. The van der Waals surface area contributed by atoms with E-state index in [1.807, 2.05) is 0 Å². The SMILES string of the molecule is CN(c1ccc(N)cc1)S(=O)(=O)C1CC1. The number of nitrogens with zero attached hydrogens (tertiary/aromatic N) is 1. The maximum Gasteiger partial charge on any atom is 0.237 e. The number of anilines is 2. The van der Waals surface area contributed by atoms with Gasteiger partial charge in [-0.05, 0) is 37.1 Å². The van der Waals surface area contributed by atoms with E-state index in [1.165, 1.54) is 4.31 Å². The lowest BCUT2D eigenvalue weighted by molar-refractivity contribution is 0.593. The molecule has 1 saturated carbocycles. The molecule has 0 unspecified atom stereocenters. The number of sulfonamides is 1. The lowest BCUT2D eigenvalue weighted by Gasteiger charge is -2.19. The number of hydrogen-bond acceptors (Lipinski definition) is 3. The Hall–Kier alpha value is -1.23. The Morgan fingerprint density at radius 3 is 2.27 bits per heavy atom. The van der Waals surface area contributed by atoms with Gasteiger partial charge in [-0.15, -0.1) is 0 Å². The van der Waals surface area contributed by atoms with Gasteiger partial charge in [-0.1, -0.05) is 0 Å². The van der Waals surface area contributed by atoms with Gasteiger partial charge in [0.15, 0.2) is 0 Å². The maximum atomic E-state index is 11.9.